The fourth-order valence-corrected chi connectivity index (χ4v) is 5.09. The Balaban J connectivity index is 1.48. The topological polar surface area (TPSA) is 108 Å². The van der Waals surface area contributed by atoms with Crippen molar-refractivity contribution in [1.82, 2.24) is 0 Å². The lowest BCUT2D eigenvalue weighted by atomic mass is 9.94. The predicted molar refractivity (Wildman–Crippen MR) is 142 cm³/mol. The molecule has 2 aliphatic rings. The van der Waals surface area contributed by atoms with E-state index in [4.69, 9.17) is 35.0 Å². The number of ketones is 1. The molecule has 0 aliphatic carbocycles. The van der Waals surface area contributed by atoms with Gasteiger partial charge in [-0.2, -0.15) is 0 Å². The maximum absolute atomic E-state index is 13.9. The zero-order valence-electron chi connectivity index (χ0n) is 20.9. The maximum atomic E-state index is 13.9. The van der Waals surface area contributed by atoms with E-state index in [1.165, 1.54) is 18.1 Å². The van der Waals surface area contributed by atoms with Crippen LogP contribution in [0, 0.1) is 0 Å². The standard InChI is InChI=1S/C29H22ClNO8/c1-35-19-6-3-15(4-7-19)25-24(26(32)22-12-16-11-17(30)13-23(36-2)28(16)39-22)27(33)29(34)31(25)18-5-8-20-21(14-18)38-10-9-37-20/h3-8,11-14,25,33H,9-10H2,1-2H3. The average Bonchev–Trinajstić information content (AvgIpc) is 3.50. The average molecular weight is 548 g/mol. The molecule has 0 saturated carbocycles. The summed E-state index contributed by atoms with van der Waals surface area (Å²) in [5.74, 6) is -0.216. The number of fused-ring (bicyclic) bond motifs is 2. The first-order valence-electron chi connectivity index (χ1n) is 12.0. The number of hydrogen-bond acceptors (Lipinski definition) is 8. The van der Waals surface area contributed by atoms with Gasteiger partial charge >= 0.3 is 0 Å². The molecule has 6 rings (SSSR count). The minimum Gasteiger partial charge on any atom is -0.503 e. The second-order valence-corrected chi connectivity index (χ2v) is 9.34. The van der Waals surface area contributed by atoms with Crippen LogP contribution in [-0.4, -0.2) is 44.2 Å². The third-order valence-electron chi connectivity index (χ3n) is 6.68. The van der Waals surface area contributed by atoms with Gasteiger partial charge in [0, 0.05) is 28.2 Å². The summed E-state index contributed by atoms with van der Waals surface area (Å²) < 4.78 is 27.8. The van der Waals surface area contributed by atoms with Crippen molar-refractivity contribution < 1.29 is 38.1 Å². The summed E-state index contributed by atoms with van der Waals surface area (Å²) >= 11 is 6.19. The van der Waals surface area contributed by atoms with Crippen molar-refractivity contribution in [3.05, 3.63) is 88.3 Å². The smallest absolute Gasteiger partial charge is 0.294 e. The highest BCUT2D eigenvalue weighted by molar-refractivity contribution is 6.31. The van der Waals surface area contributed by atoms with Crippen LogP contribution < -0.4 is 23.8 Å². The number of Topliss-reactive ketones (excluding diaryl/α,β-unsaturated/α-hetero) is 1. The lowest BCUT2D eigenvalue weighted by Crippen LogP contribution is -2.31. The molecule has 2 aliphatic heterocycles. The number of hydrogen-bond donors (Lipinski definition) is 1. The summed E-state index contributed by atoms with van der Waals surface area (Å²) in [6, 6.07) is 15.6. The van der Waals surface area contributed by atoms with E-state index in [1.807, 2.05) is 0 Å². The zero-order chi connectivity index (χ0) is 27.3. The van der Waals surface area contributed by atoms with Crippen LogP contribution in [0.3, 0.4) is 0 Å². The van der Waals surface area contributed by atoms with Gasteiger partial charge in [-0.15, -0.1) is 0 Å². The zero-order valence-corrected chi connectivity index (χ0v) is 21.7. The molecule has 10 heteroatoms. The third-order valence-corrected chi connectivity index (χ3v) is 6.90. The number of carbonyl (C=O) groups excluding carboxylic acids is 2. The summed E-state index contributed by atoms with van der Waals surface area (Å²) in [6.45, 7) is 0.775. The van der Waals surface area contributed by atoms with Crippen LogP contribution in [0.2, 0.25) is 5.02 Å². The molecule has 1 N–H and O–H groups in total. The SMILES string of the molecule is COc1ccc(C2C(C(=O)c3cc4cc(Cl)cc(OC)c4o3)=C(O)C(=O)N2c2ccc3c(c2)OCCO3)cc1. The number of methoxy groups -OCH3 is 2. The van der Waals surface area contributed by atoms with E-state index in [0.717, 1.165) is 0 Å². The second kappa shape index (κ2) is 9.59. The number of furan rings is 1. The molecule has 198 valence electrons. The van der Waals surface area contributed by atoms with Crippen molar-refractivity contribution in [2.75, 3.05) is 32.3 Å². The second-order valence-electron chi connectivity index (χ2n) is 8.91. The van der Waals surface area contributed by atoms with E-state index in [9.17, 15) is 14.7 Å². The number of amides is 1. The number of ether oxygens (including phenoxy) is 4. The Labute approximate surface area is 227 Å². The molecular formula is C29H22ClNO8. The van der Waals surface area contributed by atoms with Crippen LogP contribution in [0.4, 0.5) is 5.69 Å². The van der Waals surface area contributed by atoms with Gasteiger partial charge in [-0.25, -0.2) is 0 Å². The summed E-state index contributed by atoms with van der Waals surface area (Å²) in [4.78, 5) is 28.8. The van der Waals surface area contributed by atoms with Crippen molar-refractivity contribution in [3.8, 4) is 23.0 Å². The van der Waals surface area contributed by atoms with E-state index >= 15 is 0 Å². The van der Waals surface area contributed by atoms with Gasteiger partial charge in [0.1, 0.15) is 19.0 Å². The lowest BCUT2D eigenvalue weighted by molar-refractivity contribution is -0.117. The Kier molecular flexibility index (Phi) is 6.07. The molecule has 0 fully saturated rings. The number of benzene rings is 3. The number of nitrogens with zero attached hydrogens (tertiary/aromatic N) is 1. The van der Waals surface area contributed by atoms with Crippen molar-refractivity contribution in [1.29, 1.82) is 0 Å². The van der Waals surface area contributed by atoms with E-state index in [1.54, 1.807) is 61.7 Å². The van der Waals surface area contributed by atoms with Crippen LogP contribution in [0.15, 0.2) is 76.4 Å². The van der Waals surface area contributed by atoms with Gasteiger partial charge in [-0.05, 0) is 42.0 Å². The van der Waals surface area contributed by atoms with Crippen LogP contribution >= 0.6 is 11.6 Å². The number of carbonyl (C=O) groups is 2. The Morgan fingerprint density at radius 2 is 1.72 bits per heavy atom. The molecule has 1 aromatic heterocycles. The Morgan fingerprint density at radius 3 is 2.44 bits per heavy atom. The molecule has 39 heavy (non-hydrogen) atoms. The first-order valence-corrected chi connectivity index (χ1v) is 12.4. The molecular weight excluding hydrogens is 526 g/mol. The summed E-state index contributed by atoms with van der Waals surface area (Å²) in [7, 11) is 3.00. The molecule has 9 nitrogen and oxygen atoms in total. The molecule has 0 radical (unpaired) electrons. The van der Waals surface area contributed by atoms with E-state index in [2.05, 4.69) is 0 Å². The van der Waals surface area contributed by atoms with Gasteiger partial charge in [0.15, 0.2) is 34.4 Å². The largest absolute Gasteiger partial charge is 0.503 e. The van der Waals surface area contributed by atoms with E-state index in [-0.39, 0.29) is 11.3 Å². The van der Waals surface area contributed by atoms with Crippen molar-refractivity contribution in [2.45, 2.75) is 6.04 Å². The monoisotopic (exact) mass is 547 g/mol. The van der Waals surface area contributed by atoms with Gasteiger partial charge in [0.05, 0.1) is 25.8 Å². The van der Waals surface area contributed by atoms with Crippen LogP contribution in [-0.2, 0) is 4.79 Å². The Bertz CT molecular complexity index is 1660. The van der Waals surface area contributed by atoms with Gasteiger partial charge in [-0.3, -0.25) is 14.5 Å². The lowest BCUT2D eigenvalue weighted by Gasteiger charge is -2.28. The summed E-state index contributed by atoms with van der Waals surface area (Å²) in [6.07, 6.45) is 0. The van der Waals surface area contributed by atoms with Crippen LogP contribution in [0.1, 0.15) is 22.2 Å². The summed E-state index contributed by atoms with van der Waals surface area (Å²) in [5, 5.41) is 12.1. The van der Waals surface area contributed by atoms with E-state index < -0.39 is 23.5 Å². The van der Waals surface area contributed by atoms with Crippen LogP contribution in [0.5, 0.6) is 23.0 Å². The maximum Gasteiger partial charge on any atom is 0.294 e. The molecule has 4 aromatic rings. The van der Waals surface area contributed by atoms with Crippen LogP contribution in [0.25, 0.3) is 11.0 Å². The third kappa shape index (κ3) is 4.11. The Hall–Kier alpha value is -4.63. The molecule has 3 aromatic carbocycles. The highest BCUT2D eigenvalue weighted by Gasteiger charge is 2.45. The summed E-state index contributed by atoms with van der Waals surface area (Å²) in [5.41, 5.74) is 1.17. The molecule has 1 atom stereocenters. The Morgan fingerprint density at radius 1 is 0.974 bits per heavy atom. The highest BCUT2D eigenvalue weighted by atomic mass is 35.5. The number of aliphatic hydroxyl groups is 1. The number of halogens is 1. The fraction of sp³-hybridized carbons (Fsp3) is 0.172. The first kappa shape index (κ1) is 24.7. The number of aliphatic hydroxyl groups excluding tert-OH is 1. The van der Waals surface area contributed by atoms with Gasteiger partial charge in [0.25, 0.3) is 5.91 Å². The van der Waals surface area contributed by atoms with Crippen molar-refractivity contribution >= 4 is 39.9 Å². The highest BCUT2D eigenvalue weighted by Crippen LogP contribution is 2.45. The van der Waals surface area contributed by atoms with Crippen molar-refractivity contribution in [3.63, 3.8) is 0 Å². The molecule has 0 saturated heterocycles. The molecule has 3 heterocycles. The molecule has 0 spiro atoms. The molecule has 0 bridgehead atoms. The number of anilines is 1. The van der Waals surface area contributed by atoms with Crippen molar-refractivity contribution in [2.24, 2.45) is 0 Å². The normalized spacial score (nSPS) is 16.6. The molecule has 1 unspecified atom stereocenters. The fourth-order valence-electron chi connectivity index (χ4n) is 4.87. The molecule has 1 amide bonds. The minimum atomic E-state index is -0.975. The quantitative estimate of drug-likeness (QED) is 0.308. The minimum absolute atomic E-state index is 0.0811. The predicted octanol–water partition coefficient (Wildman–Crippen LogP) is 5.66. The first-order chi connectivity index (χ1) is 18.9. The number of rotatable bonds is 6. The van der Waals surface area contributed by atoms with Gasteiger partial charge in [-0.1, -0.05) is 23.7 Å². The van der Waals surface area contributed by atoms with E-state index in [0.29, 0.717) is 63.5 Å². The van der Waals surface area contributed by atoms with Gasteiger partial charge in [0.2, 0.25) is 5.78 Å². The van der Waals surface area contributed by atoms with Gasteiger partial charge < -0.3 is 28.5 Å².